The number of nitrogens with two attached hydrogens (primary N) is 1. The molecule has 0 amide bonds. The van der Waals surface area contributed by atoms with Crippen molar-refractivity contribution in [2.24, 2.45) is 0 Å². The van der Waals surface area contributed by atoms with Gasteiger partial charge in [-0.1, -0.05) is 0 Å². The van der Waals surface area contributed by atoms with Crippen LogP contribution in [0.4, 0.5) is 17.5 Å². The van der Waals surface area contributed by atoms with E-state index in [2.05, 4.69) is 25.2 Å². The van der Waals surface area contributed by atoms with Gasteiger partial charge >= 0.3 is 0 Å². The van der Waals surface area contributed by atoms with Gasteiger partial charge in [0.2, 0.25) is 11.8 Å². The normalized spacial score (nSPS) is 21.7. The Morgan fingerprint density at radius 1 is 1.03 bits per heavy atom. The fourth-order valence-electron chi connectivity index (χ4n) is 4.18. The number of fused-ring (bicyclic) bond motifs is 1. The molecule has 0 spiro atoms. The lowest BCUT2D eigenvalue weighted by atomic mass is 9.93. The van der Waals surface area contributed by atoms with Crippen LogP contribution in [0.25, 0.3) is 10.9 Å². The molecule has 4 heterocycles. The van der Waals surface area contributed by atoms with Gasteiger partial charge in [-0.25, -0.2) is 9.97 Å². The van der Waals surface area contributed by atoms with Crippen LogP contribution in [0.1, 0.15) is 25.7 Å². The second-order valence-corrected chi connectivity index (χ2v) is 8.03. The van der Waals surface area contributed by atoms with Crippen LogP contribution in [0.3, 0.4) is 0 Å². The first kappa shape index (κ1) is 19.7. The molecule has 0 bridgehead atoms. The molecule has 3 aromatic heterocycles. The van der Waals surface area contributed by atoms with Crippen LogP contribution < -0.4 is 20.7 Å². The van der Waals surface area contributed by atoms with E-state index in [0.717, 1.165) is 55.5 Å². The van der Waals surface area contributed by atoms with Crippen LogP contribution in [0.2, 0.25) is 0 Å². The van der Waals surface area contributed by atoms with Gasteiger partial charge in [-0.15, -0.1) is 0 Å². The summed E-state index contributed by atoms with van der Waals surface area (Å²) in [4.78, 5) is 20.1. The molecule has 9 heteroatoms. The Balaban J connectivity index is 1.31. The van der Waals surface area contributed by atoms with Crippen LogP contribution in [0, 0.1) is 0 Å². The molecule has 0 unspecified atom stereocenters. The van der Waals surface area contributed by atoms with Crippen LogP contribution in [-0.2, 0) is 4.74 Å². The van der Waals surface area contributed by atoms with Gasteiger partial charge in [-0.05, 0) is 37.8 Å². The zero-order valence-electron chi connectivity index (χ0n) is 17.4. The summed E-state index contributed by atoms with van der Waals surface area (Å²) in [5, 5.41) is 4.27. The van der Waals surface area contributed by atoms with Crippen LogP contribution in [0.15, 0.2) is 36.8 Å². The number of hydrogen-bond donors (Lipinski definition) is 2. The Hall–Kier alpha value is -3.20. The largest absolute Gasteiger partial charge is 0.474 e. The van der Waals surface area contributed by atoms with Crippen LogP contribution in [-0.4, -0.2) is 58.4 Å². The molecule has 1 aliphatic carbocycles. The van der Waals surface area contributed by atoms with Gasteiger partial charge in [0.05, 0.1) is 36.0 Å². The Morgan fingerprint density at radius 2 is 1.81 bits per heavy atom. The zero-order chi connectivity index (χ0) is 21.0. The number of nitrogens with one attached hydrogen (secondary N) is 1. The molecule has 2 fully saturated rings. The van der Waals surface area contributed by atoms with E-state index in [1.54, 1.807) is 18.6 Å². The Kier molecular flexibility index (Phi) is 5.66. The van der Waals surface area contributed by atoms with Crippen molar-refractivity contribution < 1.29 is 9.47 Å². The second kappa shape index (κ2) is 8.89. The average Bonchev–Trinajstić information content (AvgIpc) is 2.82. The molecule has 9 nitrogen and oxygen atoms in total. The fourth-order valence-corrected chi connectivity index (χ4v) is 4.18. The zero-order valence-corrected chi connectivity index (χ0v) is 17.4. The highest BCUT2D eigenvalue weighted by molar-refractivity contribution is 5.88. The first-order chi connectivity index (χ1) is 15.2. The van der Waals surface area contributed by atoms with Crippen molar-refractivity contribution in [2.45, 2.75) is 37.8 Å². The van der Waals surface area contributed by atoms with Crippen molar-refractivity contribution >= 4 is 28.4 Å². The van der Waals surface area contributed by atoms with E-state index in [4.69, 9.17) is 20.2 Å². The summed E-state index contributed by atoms with van der Waals surface area (Å²) in [5.41, 5.74) is 7.46. The number of rotatable bonds is 5. The molecular weight excluding hydrogens is 394 g/mol. The number of ether oxygens (including phenoxy) is 2. The Bertz CT molecular complexity index is 1020. The molecule has 1 saturated heterocycles. The lowest BCUT2D eigenvalue weighted by Crippen LogP contribution is -2.37. The lowest BCUT2D eigenvalue weighted by Gasteiger charge is -2.31. The molecule has 0 aromatic carbocycles. The molecule has 5 rings (SSSR count). The quantitative estimate of drug-likeness (QED) is 0.642. The van der Waals surface area contributed by atoms with Crippen molar-refractivity contribution in [3.05, 3.63) is 36.8 Å². The fraction of sp³-hybridized carbons (Fsp3) is 0.455. The van der Waals surface area contributed by atoms with Gasteiger partial charge in [0.1, 0.15) is 11.9 Å². The maximum atomic E-state index is 6.43. The number of anilines is 3. The first-order valence-corrected chi connectivity index (χ1v) is 10.8. The second-order valence-electron chi connectivity index (χ2n) is 8.03. The minimum absolute atomic E-state index is 0.104. The van der Waals surface area contributed by atoms with Crippen molar-refractivity contribution in [1.82, 2.24) is 19.9 Å². The summed E-state index contributed by atoms with van der Waals surface area (Å²) >= 11 is 0. The summed E-state index contributed by atoms with van der Waals surface area (Å²) < 4.78 is 11.9. The van der Waals surface area contributed by atoms with Gasteiger partial charge in [0.25, 0.3) is 0 Å². The highest BCUT2D eigenvalue weighted by Crippen LogP contribution is 2.32. The van der Waals surface area contributed by atoms with Crippen LogP contribution >= 0.6 is 0 Å². The standard InChI is InChI=1S/C22H27N7O2/c23-15-12-18-19(26-14-15)13-20(29-8-10-30-11-9-29)28-21(18)31-17-4-2-16(3-5-17)27-22-24-6-1-7-25-22/h1,6-7,12-14,16-17H,2-5,8-11,23H2,(H,24,25,27)/t16-,17+. The third kappa shape index (κ3) is 4.61. The summed E-state index contributed by atoms with van der Waals surface area (Å²) in [7, 11) is 0. The summed E-state index contributed by atoms with van der Waals surface area (Å²) in [6, 6.07) is 6.07. The molecule has 1 aliphatic heterocycles. The Morgan fingerprint density at radius 3 is 2.58 bits per heavy atom. The molecule has 0 atom stereocenters. The molecule has 2 aliphatic rings. The van der Waals surface area contributed by atoms with Crippen LogP contribution in [0.5, 0.6) is 5.88 Å². The highest BCUT2D eigenvalue weighted by Gasteiger charge is 2.25. The molecule has 31 heavy (non-hydrogen) atoms. The van der Waals surface area contributed by atoms with Crippen molar-refractivity contribution in [3.63, 3.8) is 0 Å². The number of pyridine rings is 2. The minimum atomic E-state index is 0.104. The van der Waals surface area contributed by atoms with E-state index in [1.165, 1.54) is 0 Å². The molecule has 0 radical (unpaired) electrons. The topological polar surface area (TPSA) is 111 Å². The third-order valence-corrected chi connectivity index (χ3v) is 5.84. The molecule has 3 aromatic rings. The molecule has 162 valence electrons. The lowest BCUT2D eigenvalue weighted by molar-refractivity contribution is 0.122. The summed E-state index contributed by atoms with van der Waals surface area (Å²) in [5.74, 6) is 2.17. The van der Waals surface area contributed by atoms with E-state index in [1.807, 2.05) is 18.2 Å². The van der Waals surface area contributed by atoms with E-state index in [0.29, 0.717) is 36.8 Å². The average molecular weight is 422 g/mol. The highest BCUT2D eigenvalue weighted by atomic mass is 16.5. The number of nitrogen functional groups attached to an aromatic ring is 1. The molecule has 3 N–H and O–H groups in total. The summed E-state index contributed by atoms with van der Waals surface area (Å²) in [6.45, 7) is 3.02. The van der Waals surface area contributed by atoms with Gasteiger partial charge in [-0.2, -0.15) is 4.98 Å². The number of hydrogen-bond acceptors (Lipinski definition) is 9. The maximum Gasteiger partial charge on any atom is 0.225 e. The maximum absolute atomic E-state index is 6.43. The predicted molar refractivity (Wildman–Crippen MR) is 119 cm³/mol. The number of aromatic nitrogens is 4. The predicted octanol–water partition coefficient (Wildman–Crippen LogP) is 2.64. The number of morpholine rings is 1. The van der Waals surface area contributed by atoms with Gasteiger partial charge < -0.3 is 25.4 Å². The summed E-state index contributed by atoms with van der Waals surface area (Å²) in [6.07, 6.45) is 9.14. The van der Waals surface area contributed by atoms with E-state index < -0.39 is 0 Å². The van der Waals surface area contributed by atoms with E-state index in [9.17, 15) is 0 Å². The van der Waals surface area contributed by atoms with E-state index in [-0.39, 0.29) is 6.10 Å². The van der Waals surface area contributed by atoms with E-state index >= 15 is 0 Å². The smallest absolute Gasteiger partial charge is 0.225 e. The first-order valence-electron chi connectivity index (χ1n) is 10.8. The van der Waals surface area contributed by atoms with Crippen molar-refractivity contribution in [3.8, 4) is 5.88 Å². The minimum Gasteiger partial charge on any atom is -0.474 e. The third-order valence-electron chi connectivity index (χ3n) is 5.84. The van der Waals surface area contributed by atoms with Crippen molar-refractivity contribution in [1.29, 1.82) is 0 Å². The monoisotopic (exact) mass is 421 g/mol. The van der Waals surface area contributed by atoms with Gasteiger partial charge in [-0.3, -0.25) is 4.98 Å². The van der Waals surface area contributed by atoms with Gasteiger partial charge in [0.15, 0.2) is 0 Å². The van der Waals surface area contributed by atoms with Gasteiger partial charge in [0, 0.05) is 37.6 Å². The van der Waals surface area contributed by atoms with Crippen molar-refractivity contribution in [2.75, 3.05) is 42.3 Å². The molecule has 1 saturated carbocycles. The Labute approximate surface area is 181 Å². The molecular formula is C22H27N7O2. The SMILES string of the molecule is Nc1cnc2cc(N3CCOCC3)nc(O[C@H]3CC[C@@H](Nc4ncccn4)CC3)c2c1. The number of nitrogens with zero attached hydrogens (tertiary/aromatic N) is 5.